The van der Waals surface area contributed by atoms with E-state index in [-0.39, 0.29) is 11.7 Å². The van der Waals surface area contributed by atoms with Crippen molar-refractivity contribution in [1.29, 1.82) is 0 Å². The first-order chi connectivity index (χ1) is 19.0. The van der Waals surface area contributed by atoms with Gasteiger partial charge in [0.1, 0.15) is 11.6 Å². The van der Waals surface area contributed by atoms with Gasteiger partial charge in [-0.1, -0.05) is 30.3 Å². The number of amides is 1. The summed E-state index contributed by atoms with van der Waals surface area (Å²) in [6.45, 7) is 4.50. The second-order valence-corrected chi connectivity index (χ2v) is 9.84. The second kappa shape index (κ2) is 12.1. The summed E-state index contributed by atoms with van der Waals surface area (Å²) in [6.07, 6.45) is 0.774. The van der Waals surface area contributed by atoms with E-state index in [1.165, 1.54) is 17.8 Å². The Labute approximate surface area is 228 Å². The Bertz CT molecular complexity index is 1410. The number of likely N-dealkylation sites (N-methyl/N-ethyl adjacent to an activating group) is 1. The maximum absolute atomic E-state index is 14.0. The van der Waals surface area contributed by atoms with Gasteiger partial charge in [0.05, 0.1) is 24.2 Å². The largest absolute Gasteiger partial charge is 0.497 e. The van der Waals surface area contributed by atoms with Crippen LogP contribution in [0.2, 0.25) is 0 Å². The van der Waals surface area contributed by atoms with Crippen LogP contribution in [0, 0.1) is 5.82 Å². The topological polar surface area (TPSA) is 62.6 Å². The number of methoxy groups -OCH3 is 1. The first kappa shape index (κ1) is 26.4. The molecule has 1 amide bonds. The van der Waals surface area contributed by atoms with E-state index in [9.17, 15) is 9.18 Å². The number of hydrogen-bond donors (Lipinski definition) is 1. The average molecular weight is 528 g/mol. The van der Waals surface area contributed by atoms with Gasteiger partial charge < -0.3 is 19.9 Å². The van der Waals surface area contributed by atoms with E-state index in [0.29, 0.717) is 19.4 Å². The molecule has 2 heterocycles. The first-order valence-corrected chi connectivity index (χ1v) is 13.3. The number of halogens is 1. The summed E-state index contributed by atoms with van der Waals surface area (Å²) < 4.78 is 21.1. The lowest BCUT2D eigenvalue weighted by atomic mass is 10.1. The number of nitrogens with zero attached hydrogens (tertiary/aromatic N) is 4. The van der Waals surface area contributed by atoms with Gasteiger partial charge in [-0.25, -0.2) is 9.07 Å². The number of anilines is 1. The molecule has 1 N–H and O–H groups in total. The molecule has 4 aromatic rings. The summed E-state index contributed by atoms with van der Waals surface area (Å²) in [5.41, 5.74) is 5.37. The molecule has 7 nitrogen and oxygen atoms in total. The Hall–Kier alpha value is -4.17. The highest BCUT2D eigenvalue weighted by Gasteiger charge is 2.18. The third kappa shape index (κ3) is 6.46. The van der Waals surface area contributed by atoms with Gasteiger partial charge in [0, 0.05) is 56.8 Å². The summed E-state index contributed by atoms with van der Waals surface area (Å²) in [4.78, 5) is 17.6. The van der Waals surface area contributed by atoms with Crippen LogP contribution in [-0.2, 0) is 17.8 Å². The molecule has 0 unspecified atom stereocenters. The maximum Gasteiger partial charge on any atom is 0.220 e. The zero-order valence-electron chi connectivity index (χ0n) is 22.4. The number of carbonyl (C=O) groups excluding carboxylic acids is 1. The van der Waals surface area contributed by atoms with Crippen LogP contribution in [0.5, 0.6) is 5.75 Å². The first-order valence-electron chi connectivity index (χ1n) is 13.3. The number of nitrogens with one attached hydrogen (secondary N) is 1. The van der Waals surface area contributed by atoms with Crippen LogP contribution >= 0.6 is 0 Å². The van der Waals surface area contributed by atoms with Crippen molar-refractivity contribution in [3.63, 3.8) is 0 Å². The molecule has 0 spiro atoms. The summed E-state index contributed by atoms with van der Waals surface area (Å²) in [6, 6.07) is 24.2. The highest BCUT2D eigenvalue weighted by Crippen LogP contribution is 2.27. The van der Waals surface area contributed by atoms with Gasteiger partial charge in [0.25, 0.3) is 0 Å². The number of carbonyl (C=O) groups is 1. The third-order valence-electron chi connectivity index (χ3n) is 7.12. The molecule has 39 heavy (non-hydrogen) atoms. The Balaban J connectivity index is 1.27. The van der Waals surface area contributed by atoms with Gasteiger partial charge in [0.2, 0.25) is 5.91 Å². The van der Waals surface area contributed by atoms with Crippen molar-refractivity contribution in [2.24, 2.45) is 0 Å². The lowest BCUT2D eigenvalue weighted by Gasteiger charge is -2.35. The Morgan fingerprint density at radius 2 is 1.74 bits per heavy atom. The van der Waals surface area contributed by atoms with Crippen LogP contribution in [0.4, 0.5) is 10.1 Å². The van der Waals surface area contributed by atoms with Gasteiger partial charge in [-0.2, -0.15) is 5.10 Å². The predicted octanol–water partition coefficient (Wildman–Crippen LogP) is 4.69. The molecular weight excluding hydrogens is 493 g/mol. The summed E-state index contributed by atoms with van der Waals surface area (Å²) in [5.74, 6) is 0.395. The van der Waals surface area contributed by atoms with E-state index in [0.717, 1.165) is 60.1 Å². The Kier molecular flexibility index (Phi) is 8.22. The van der Waals surface area contributed by atoms with Crippen LogP contribution in [0.15, 0.2) is 78.9 Å². The molecule has 0 radical (unpaired) electrons. The minimum atomic E-state index is -0.312. The van der Waals surface area contributed by atoms with E-state index >= 15 is 0 Å². The molecule has 0 atom stereocenters. The molecule has 0 saturated carbocycles. The van der Waals surface area contributed by atoms with Crippen molar-refractivity contribution in [1.82, 2.24) is 20.0 Å². The van der Waals surface area contributed by atoms with Gasteiger partial charge in [-0.05, 0) is 61.1 Å². The molecule has 0 aliphatic carbocycles. The van der Waals surface area contributed by atoms with E-state index in [2.05, 4.69) is 34.3 Å². The SMILES string of the molecule is COc1ccc(-n2nc(CCC(=O)NCc3ccccc3N3CCN(C)CC3)cc2-c2cccc(F)c2)cc1. The molecule has 1 aromatic heterocycles. The molecule has 1 aliphatic rings. The lowest BCUT2D eigenvalue weighted by Crippen LogP contribution is -2.45. The van der Waals surface area contributed by atoms with Crippen LogP contribution < -0.4 is 15.0 Å². The van der Waals surface area contributed by atoms with Gasteiger partial charge >= 0.3 is 0 Å². The third-order valence-corrected chi connectivity index (χ3v) is 7.12. The van der Waals surface area contributed by atoms with Crippen molar-refractivity contribution < 1.29 is 13.9 Å². The second-order valence-electron chi connectivity index (χ2n) is 9.84. The predicted molar refractivity (Wildman–Crippen MR) is 152 cm³/mol. The number of hydrogen-bond acceptors (Lipinski definition) is 5. The zero-order chi connectivity index (χ0) is 27.2. The Morgan fingerprint density at radius 3 is 2.49 bits per heavy atom. The highest BCUT2D eigenvalue weighted by molar-refractivity contribution is 5.76. The lowest BCUT2D eigenvalue weighted by molar-refractivity contribution is -0.121. The van der Waals surface area contributed by atoms with Crippen molar-refractivity contribution >= 4 is 11.6 Å². The maximum atomic E-state index is 14.0. The highest BCUT2D eigenvalue weighted by atomic mass is 19.1. The fourth-order valence-corrected chi connectivity index (χ4v) is 4.87. The molecule has 1 aliphatic heterocycles. The molecule has 8 heteroatoms. The number of para-hydroxylation sites is 1. The molecule has 1 fully saturated rings. The standard InChI is InChI=1S/C31H34FN5O2/c1-35-16-18-36(19-17-35)29-9-4-3-6-24(29)22-33-31(38)15-10-26-21-30(23-7-5-8-25(32)20-23)37(34-26)27-11-13-28(39-2)14-12-27/h3-9,11-14,20-21H,10,15-19,22H2,1-2H3,(H,33,38). The number of aryl methyl sites for hydroxylation is 1. The van der Waals surface area contributed by atoms with Crippen LogP contribution in [0.1, 0.15) is 17.7 Å². The number of piperazine rings is 1. The smallest absolute Gasteiger partial charge is 0.220 e. The average Bonchev–Trinajstić information content (AvgIpc) is 3.40. The molecule has 3 aromatic carbocycles. The fraction of sp³-hybridized carbons (Fsp3) is 0.290. The number of rotatable bonds is 9. The zero-order valence-corrected chi connectivity index (χ0v) is 22.4. The van der Waals surface area contributed by atoms with E-state index in [1.807, 2.05) is 48.5 Å². The molecule has 5 rings (SSSR count). The van der Waals surface area contributed by atoms with Gasteiger partial charge in [0.15, 0.2) is 0 Å². The molecule has 202 valence electrons. The van der Waals surface area contributed by atoms with Gasteiger partial charge in [-0.3, -0.25) is 4.79 Å². The van der Waals surface area contributed by atoms with Crippen molar-refractivity contribution in [3.05, 3.63) is 95.9 Å². The molecular formula is C31H34FN5O2. The monoisotopic (exact) mass is 527 g/mol. The van der Waals surface area contributed by atoms with E-state index in [4.69, 9.17) is 9.84 Å². The number of benzene rings is 3. The van der Waals surface area contributed by atoms with E-state index in [1.54, 1.807) is 17.9 Å². The Morgan fingerprint density at radius 1 is 0.974 bits per heavy atom. The quantitative estimate of drug-likeness (QED) is 0.342. The number of ether oxygens (including phenoxy) is 1. The minimum absolute atomic E-state index is 0.0329. The number of aromatic nitrogens is 2. The van der Waals surface area contributed by atoms with Crippen molar-refractivity contribution in [2.75, 3.05) is 45.2 Å². The summed E-state index contributed by atoms with van der Waals surface area (Å²) >= 11 is 0. The summed E-state index contributed by atoms with van der Waals surface area (Å²) in [7, 11) is 3.76. The normalized spacial score (nSPS) is 13.9. The molecule has 1 saturated heterocycles. The van der Waals surface area contributed by atoms with Gasteiger partial charge in [-0.15, -0.1) is 0 Å². The fourth-order valence-electron chi connectivity index (χ4n) is 4.87. The minimum Gasteiger partial charge on any atom is -0.497 e. The van der Waals surface area contributed by atoms with Crippen LogP contribution in [0.25, 0.3) is 16.9 Å². The van der Waals surface area contributed by atoms with E-state index < -0.39 is 0 Å². The van der Waals surface area contributed by atoms with Crippen molar-refractivity contribution in [3.8, 4) is 22.7 Å². The van der Waals surface area contributed by atoms with Crippen LogP contribution in [0.3, 0.4) is 0 Å². The summed E-state index contributed by atoms with van der Waals surface area (Å²) in [5, 5.41) is 7.86. The van der Waals surface area contributed by atoms with Crippen LogP contribution in [-0.4, -0.2) is 60.9 Å². The molecule has 0 bridgehead atoms. The van der Waals surface area contributed by atoms with Crippen molar-refractivity contribution in [2.45, 2.75) is 19.4 Å².